The van der Waals surface area contributed by atoms with Crippen molar-refractivity contribution in [3.8, 4) is 0 Å². The number of piperazine rings is 1. The molecule has 2 aromatic rings. The molecule has 0 unspecified atom stereocenters. The summed E-state index contributed by atoms with van der Waals surface area (Å²) in [5, 5.41) is 2.12. The third kappa shape index (κ3) is 3.39. The molecule has 22 heavy (non-hydrogen) atoms. The first-order valence-electron chi connectivity index (χ1n) is 7.75. The van der Waals surface area contributed by atoms with Crippen LogP contribution in [0.15, 0.2) is 35.7 Å². The van der Waals surface area contributed by atoms with Gasteiger partial charge in [0.05, 0.1) is 0 Å². The second-order valence-corrected chi connectivity index (χ2v) is 6.98. The molecule has 1 aromatic heterocycles. The standard InChI is InChI=1S/C18H22N2OS/c1-14-5-6-16(12-15(14)2)18(21)20-9-7-19(8-10-20)13-17-4-3-11-22-17/h3-6,11-12H,7-10,13H2,1-2H3. The summed E-state index contributed by atoms with van der Waals surface area (Å²) in [5.41, 5.74) is 3.23. The average Bonchev–Trinajstić information content (AvgIpc) is 3.03. The minimum Gasteiger partial charge on any atom is -0.336 e. The molecule has 0 radical (unpaired) electrons. The van der Waals surface area contributed by atoms with E-state index in [1.54, 1.807) is 11.3 Å². The molecule has 1 amide bonds. The Labute approximate surface area is 136 Å². The van der Waals surface area contributed by atoms with Crippen LogP contribution in [0.4, 0.5) is 0 Å². The molecule has 1 aliphatic heterocycles. The van der Waals surface area contributed by atoms with Crippen molar-refractivity contribution >= 4 is 17.2 Å². The van der Waals surface area contributed by atoms with E-state index in [0.717, 1.165) is 38.3 Å². The zero-order valence-electron chi connectivity index (χ0n) is 13.2. The molecule has 3 nitrogen and oxygen atoms in total. The van der Waals surface area contributed by atoms with Crippen LogP contribution in [0.2, 0.25) is 0 Å². The van der Waals surface area contributed by atoms with E-state index < -0.39 is 0 Å². The average molecular weight is 314 g/mol. The van der Waals surface area contributed by atoms with Gasteiger partial charge in [0.2, 0.25) is 0 Å². The molecule has 0 aliphatic carbocycles. The van der Waals surface area contributed by atoms with Gasteiger partial charge in [-0.3, -0.25) is 9.69 Å². The number of rotatable bonds is 3. The van der Waals surface area contributed by atoms with Crippen molar-refractivity contribution in [2.75, 3.05) is 26.2 Å². The van der Waals surface area contributed by atoms with Gasteiger partial charge in [-0.15, -0.1) is 11.3 Å². The number of hydrogen-bond donors (Lipinski definition) is 0. The van der Waals surface area contributed by atoms with E-state index in [4.69, 9.17) is 0 Å². The maximum absolute atomic E-state index is 12.6. The summed E-state index contributed by atoms with van der Waals surface area (Å²) in [4.78, 5) is 18.4. The van der Waals surface area contributed by atoms with Crippen LogP contribution < -0.4 is 0 Å². The van der Waals surface area contributed by atoms with E-state index in [0.29, 0.717) is 0 Å². The summed E-state index contributed by atoms with van der Waals surface area (Å²) < 4.78 is 0. The van der Waals surface area contributed by atoms with Crippen molar-refractivity contribution in [3.05, 3.63) is 57.3 Å². The molecule has 0 N–H and O–H groups in total. The van der Waals surface area contributed by atoms with Gasteiger partial charge < -0.3 is 4.90 Å². The van der Waals surface area contributed by atoms with Gasteiger partial charge in [-0.25, -0.2) is 0 Å². The van der Waals surface area contributed by atoms with E-state index in [9.17, 15) is 4.79 Å². The van der Waals surface area contributed by atoms with Crippen molar-refractivity contribution in [2.45, 2.75) is 20.4 Å². The lowest BCUT2D eigenvalue weighted by molar-refractivity contribution is 0.0629. The maximum Gasteiger partial charge on any atom is 0.253 e. The van der Waals surface area contributed by atoms with Gasteiger partial charge in [0, 0.05) is 43.2 Å². The van der Waals surface area contributed by atoms with Crippen molar-refractivity contribution in [1.29, 1.82) is 0 Å². The fourth-order valence-electron chi connectivity index (χ4n) is 2.79. The van der Waals surface area contributed by atoms with Crippen LogP contribution in [0.5, 0.6) is 0 Å². The third-order valence-corrected chi connectivity index (χ3v) is 5.23. The Morgan fingerprint density at radius 2 is 1.86 bits per heavy atom. The molecule has 0 bridgehead atoms. The molecule has 4 heteroatoms. The highest BCUT2D eigenvalue weighted by Gasteiger charge is 2.22. The Morgan fingerprint density at radius 1 is 1.09 bits per heavy atom. The first-order chi connectivity index (χ1) is 10.6. The largest absolute Gasteiger partial charge is 0.336 e. The number of thiophene rings is 1. The van der Waals surface area contributed by atoms with Crippen LogP contribution in [-0.4, -0.2) is 41.9 Å². The lowest BCUT2D eigenvalue weighted by Gasteiger charge is -2.34. The Balaban J connectivity index is 1.58. The van der Waals surface area contributed by atoms with Crippen molar-refractivity contribution in [2.24, 2.45) is 0 Å². The molecule has 3 rings (SSSR count). The second-order valence-electron chi connectivity index (χ2n) is 5.95. The molecule has 0 saturated carbocycles. The Hall–Kier alpha value is -1.65. The van der Waals surface area contributed by atoms with Gasteiger partial charge in [-0.1, -0.05) is 12.1 Å². The highest BCUT2D eigenvalue weighted by molar-refractivity contribution is 7.09. The minimum atomic E-state index is 0.166. The lowest BCUT2D eigenvalue weighted by atomic mass is 10.1. The second kappa shape index (κ2) is 6.63. The van der Waals surface area contributed by atoms with Gasteiger partial charge in [-0.2, -0.15) is 0 Å². The fourth-order valence-corrected chi connectivity index (χ4v) is 3.54. The van der Waals surface area contributed by atoms with Crippen LogP contribution in [0.1, 0.15) is 26.4 Å². The summed E-state index contributed by atoms with van der Waals surface area (Å²) in [7, 11) is 0. The van der Waals surface area contributed by atoms with Gasteiger partial charge in [0.15, 0.2) is 0 Å². The topological polar surface area (TPSA) is 23.6 Å². The van der Waals surface area contributed by atoms with E-state index in [-0.39, 0.29) is 5.91 Å². The first-order valence-corrected chi connectivity index (χ1v) is 8.63. The Morgan fingerprint density at radius 3 is 2.50 bits per heavy atom. The normalized spacial score (nSPS) is 16.0. The van der Waals surface area contributed by atoms with E-state index in [1.165, 1.54) is 16.0 Å². The van der Waals surface area contributed by atoms with Crippen LogP contribution >= 0.6 is 11.3 Å². The number of nitrogens with zero attached hydrogens (tertiary/aromatic N) is 2. The molecule has 0 atom stereocenters. The minimum absolute atomic E-state index is 0.166. The van der Waals surface area contributed by atoms with Crippen LogP contribution in [-0.2, 0) is 6.54 Å². The van der Waals surface area contributed by atoms with E-state index in [2.05, 4.69) is 36.3 Å². The summed E-state index contributed by atoms with van der Waals surface area (Å²) in [6, 6.07) is 10.3. The van der Waals surface area contributed by atoms with Crippen LogP contribution in [0, 0.1) is 13.8 Å². The van der Waals surface area contributed by atoms with Crippen molar-refractivity contribution in [1.82, 2.24) is 9.80 Å². The summed E-state index contributed by atoms with van der Waals surface area (Å²) >= 11 is 1.80. The van der Waals surface area contributed by atoms with Crippen molar-refractivity contribution < 1.29 is 4.79 Å². The SMILES string of the molecule is Cc1ccc(C(=O)N2CCN(Cc3cccs3)CC2)cc1C. The molecule has 0 spiro atoms. The molecule has 1 aromatic carbocycles. The molecular weight excluding hydrogens is 292 g/mol. The molecule has 1 aliphatic rings. The summed E-state index contributed by atoms with van der Waals surface area (Å²) in [6.45, 7) is 8.68. The Kier molecular flexibility index (Phi) is 4.60. The third-order valence-electron chi connectivity index (χ3n) is 4.37. The highest BCUT2D eigenvalue weighted by Crippen LogP contribution is 2.16. The zero-order valence-corrected chi connectivity index (χ0v) is 14.0. The fraction of sp³-hybridized carbons (Fsp3) is 0.389. The van der Waals surface area contributed by atoms with Gasteiger partial charge >= 0.3 is 0 Å². The predicted octanol–water partition coefficient (Wildman–Crippen LogP) is 3.32. The van der Waals surface area contributed by atoms with Gasteiger partial charge in [0.1, 0.15) is 0 Å². The number of hydrogen-bond acceptors (Lipinski definition) is 3. The van der Waals surface area contributed by atoms with E-state index in [1.807, 2.05) is 23.1 Å². The monoisotopic (exact) mass is 314 g/mol. The van der Waals surface area contributed by atoms with Crippen LogP contribution in [0.25, 0.3) is 0 Å². The molecule has 1 fully saturated rings. The summed E-state index contributed by atoms with van der Waals surface area (Å²) in [5.74, 6) is 0.166. The number of aryl methyl sites for hydroxylation is 2. The smallest absolute Gasteiger partial charge is 0.253 e. The first kappa shape index (κ1) is 15.3. The van der Waals surface area contributed by atoms with Crippen molar-refractivity contribution in [3.63, 3.8) is 0 Å². The summed E-state index contributed by atoms with van der Waals surface area (Å²) in [6.07, 6.45) is 0. The molecular formula is C18H22N2OS. The predicted molar refractivity (Wildman–Crippen MR) is 91.4 cm³/mol. The quantitative estimate of drug-likeness (QED) is 0.867. The van der Waals surface area contributed by atoms with Gasteiger partial charge in [0.25, 0.3) is 5.91 Å². The number of carbonyl (C=O) groups excluding carboxylic acids is 1. The molecule has 116 valence electrons. The number of benzene rings is 1. The molecule has 2 heterocycles. The lowest BCUT2D eigenvalue weighted by Crippen LogP contribution is -2.48. The molecule has 1 saturated heterocycles. The van der Waals surface area contributed by atoms with Crippen LogP contribution in [0.3, 0.4) is 0 Å². The highest BCUT2D eigenvalue weighted by atomic mass is 32.1. The Bertz CT molecular complexity index is 643. The maximum atomic E-state index is 12.6. The van der Waals surface area contributed by atoms with Gasteiger partial charge in [-0.05, 0) is 48.6 Å². The zero-order chi connectivity index (χ0) is 15.5. The van der Waals surface area contributed by atoms with E-state index >= 15 is 0 Å². The number of amides is 1. The number of carbonyl (C=O) groups is 1.